The Morgan fingerprint density at radius 2 is 1.87 bits per heavy atom. The average Bonchev–Trinajstić information content (AvgIpc) is 2.75. The summed E-state index contributed by atoms with van der Waals surface area (Å²) < 4.78 is 5.64. The predicted molar refractivity (Wildman–Crippen MR) is 118 cm³/mol. The first-order valence-corrected chi connectivity index (χ1v) is 10.6. The third-order valence-electron chi connectivity index (χ3n) is 6.02. The minimum Gasteiger partial charge on any atom is -0.479 e. The van der Waals surface area contributed by atoms with Crippen LogP contribution in [0, 0.1) is 5.92 Å². The van der Waals surface area contributed by atoms with Crippen LogP contribution in [-0.2, 0) is 16.1 Å². The van der Waals surface area contributed by atoms with Crippen LogP contribution in [0.1, 0.15) is 31.7 Å². The highest BCUT2D eigenvalue weighted by Gasteiger charge is 2.29. The highest BCUT2D eigenvalue weighted by Crippen LogP contribution is 2.35. The number of benzene rings is 2. The van der Waals surface area contributed by atoms with Gasteiger partial charge in [0.05, 0.1) is 5.69 Å². The van der Waals surface area contributed by atoms with Crippen molar-refractivity contribution in [1.29, 1.82) is 0 Å². The maximum atomic E-state index is 12.6. The fraction of sp³-hybridized carbons (Fsp3) is 0.417. The number of fused-ring (bicyclic) bond motifs is 1. The standard InChI is InChI=1S/C24H29N3O3/c1-17-24(29)26(2)21-15-20(8-9-22(21)30-17)25-23(28)14-18-10-12-27(13-11-18)16-19-6-4-3-5-7-19/h3-9,15,17-18H,10-14,16H2,1-2H3,(H,25,28). The van der Waals surface area contributed by atoms with Crippen molar-refractivity contribution in [2.24, 2.45) is 5.92 Å². The van der Waals surface area contributed by atoms with Gasteiger partial charge in [-0.25, -0.2) is 0 Å². The minimum atomic E-state index is -0.490. The molecular weight excluding hydrogens is 378 g/mol. The third kappa shape index (κ3) is 4.65. The molecule has 0 aliphatic carbocycles. The first-order chi connectivity index (χ1) is 14.5. The van der Waals surface area contributed by atoms with Gasteiger partial charge in [0, 0.05) is 25.7 Å². The van der Waals surface area contributed by atoms with E-state index < -0.39 is 6.10 Å². The van der Waals surface area contributed by atoms with E-state index in [1.807, 2.05) is 18.2 Å². The van der Waals surface area contributed by atoms with Crippen molar-refractivity contribution < 1.29 is 14.3 Å². The van der Waals surface area contributed by atoms with Crippen molar-refractivity contribution in [2.45, 2.75) is 38.8 Å². The highest BCUT2D eigenvalue weighted by molar-refractivity contribution is 6.00. The van der Waals surface area contributed by atoms with Crippen LogP contribution in [0.2, 0.25) is 0 Å². The van der Waals surface area contributed by atoms with Crippen LogP contribution >= 0.6 is 0 Å². The molecule has 0 bridgehead atoms. The Kier molecular flexibility index (Phi) is 6.04. The fourth-order valence-electron chi connectivity index (χ4n) is 4.25. The average molecular weight is 408 g/mol. The first kappa shape index (κ1) is 20.4. The molecular formula is C24H29N3O3. The molecule has 4 rings (SSSR count). The maximum absolute atomic E-state index is 12.6. The van der Waals surface area contributed by atoms with Gasteiger partial charge in [-0.1, -0.05) is 30.3 Å². The van der Waals surface area contributed by atoms with Crippen molar-refractivity contribution in [3.05, 3.63) is 54.1 Å². The number of carbonyl (C=O) groups excluding carboxylic acids is 2. The molecule has 2 amide bonds. The molecule has 158 valence electrons. The fourth-order valence-corrected chi connectivity index (χ4v) is 4.25. The zero-order chi connectivity index (χ0) is 21.1. The van der Waals surface area contributed by atoms with Gasteiger partial charge in [-0.15, -0.1) is 0 Å². The summed E-state index contributed by atoms with van der Waals surface area (Å²) in [6.07, 6.45) is 2.11. The van der Waals surface area contributed by atoms with Crippen LogP contribution in [0.3, 0.4) is 0 Å². The van der Waals surface area contributed by atoms with E-state index in [1.54, 1.807) is 24.9 Å². The van der Waals surface area contributed by atoms with Crippen LogP contribution in [0.5, 0.6) is 5.75 Å². The Morgan fingerprint density at radius 1 is 1.13 bits per heavy atom. The summed E-state index contributed by atoms with van der Waals surface area (Å²) >= 11 is 0. The number of piperidine rings is 1. The monoisotopic (exact) mass is 407 g/mol. The van der Waals surface area contributed by atoms with Gasteiger partial charge in [-0.3, -0.25) is 14.5 Å². The van der Waals surface area contributed by atoms with Crippen molar-refractivity contribution in [1.82, 2.24) is 4.90 Å². The molecule has 2 aromatic carbocycles. The molecule has 30 heavy (non-hydrogen) atoms. The normalized spacial score (nSPS) is 19.9. The second-order valence-corrected chi connectivity index (χ2v) is 8.30. The van der Waals surface area contributed by atoms with Crippen LogP contribution in [0.15, 0.2) is 48.5 Å². The molecule has 1 unspecified atom stereocenters. The Hall–Kier alpha value is -2.86. The number of hydrogen-bond donors (Lipinski definition) is 1. The van der Waals surface area contributed by atoms with Crippen LogP contribution < -0.4 is 15.0 Å². The van der Waals surface area contributed by atoms with E-state index in [1.165, 1.54) is 5.56 Å². The largest absolute Gasteiger partial charge is 0.479 e. The van der Waals surface area contributed by atoms with E-state index in [-0.39, 0.29) is 11.8 Å². The lowest BCUT2D eigenvalue weighted by Gasteiger charge is -2.32. The van der Waals surface area contributed by atoms with Crippen LogP contribution in [0.4, 0.5) is 11.4 Å². The summed E-state index contributed by atoms with van der Waals surface area (Å²) in [5.41, 5.74) is 2.71. The van der Waals surface area contributed by atoms with E-state index in [4.69, 9.17) is 4.74 Å². The Balaban J connectivity index is 1.28. The summed E-state index contributed by atoms with van der Waals surface area (Å²) in [5.74, 6) is 1.00. The molecule has 0 aromatic heterocycles. The van der Waals surface area contributed by atoms with E-state index >= 15 is 0 Å². The lowest BCUT2D eigenvalue weighted by Crippen LogP contribution is -2.42. The molecule has 0 saturated carbocycles. The molecule has 1 atom stereocenters. The van der Waals surface area contributed by atoms with Gasteiger partial charge < -0.3 is 15.0 Å². The van der Waals surface area contributed by atoms with E-state index in [0.29, 0.717) is 29.5 Å². The summed E-state index contributed by atoms with van der Waals surface area (Å²) in [7, 11) is 1.73. The molecule has 2 aromatic rings. The number of carbonyl (C=O) groups is 2. The minimum absolute atomic E-state index is 0.0236. The molecule has 0 radical (unpaired) electrons. The van der Waals surface area contributed by atoms with Gasteiger partial charge in [0.1, 0.15) is 5.75 Å². The quantitative estimate of drug-likeness (QED) is 0.822. The van der Waals surface area contributed by atoms with Crippen molar-refractivity contribution >= 4 is 23.2 Å². The van der Waals surface area contributed by atoms with E-state index in [9.17, 15) is 9.59 Å². The van der Waals surface area contributed by atoms with Gasteiger partial charge in [-0.05, 0) is 62.5 Å². The first-order valence-electron chi connectivity index (χ1n) is 10.6. The number of rotatable bonds is 5. The summed E-state index contributed by atoms with van der Waals surface area (Å²) in [4.78, 5) is 28.8. The summed E-state index contributed by atoms with van der Waals surface area (Å²) in [6.45, 7) is 4.76. The second kappa shape index (κ2) is 8.88. The molecule has 6 heteroatoms. The highest BCUT2D eigenvalue weighted by atomic mass is 16.5. The van der Waals surface area contributed by atoms with E-state index in [2.05, 4.69) is 34.5 Å². The molecule has 2 aliphatic rings. The molecule has 1 saturated heterocycles. The second-order valence-electron chi connectivity index (χ2n) is 8.30. The molecule has 6 nitrogen and oxygen atoms in total. The van der Waals surface area contributed by atoms with Crippen LogP contribution in [-0.4, -0.2) is 43.0 Å². The zero-order valence-electron chi connectivity index (χ0n) is 17.6. The van der Waals surface area contributed by atoms with Gasteiger partial charge in [0.2, 0.25) is 5.91 Å². The third-order valence-corrected chi connectivity index (χ3v) is 6.02. The Labute approximate surface area is 177 Å². The zero-order valence-corrected chi connectivity index (χ0v) is 17.6. The molecule has 2 aliphatic heterocycles. The topological polar surface area (TPSA) is 61.9 Å². The van der Waals surface area contributed by atoms with Gasteiger partial charge in [0.15, 0.2) is 6.10 Å². The lowest BCUT2D eigenvalue weighted by atomic mass is 9.93. The van der Waals surface area contributed by atoms with Crippen LogP contribution in [0.25, 0.3) is 0 Å². The number of hydrogen-bond acceptors (Lipinski definition) is 4. The SMILES string of the molecule is CC1Oc2ccc(NC(=O)CC3CCN(Cc4ccccc4)CC3)cc2N(C)C1=O. The number of nitrogens with zero attached hydrogens (tertiary/aromatic N) is 2. The molecule has 0 spiro atoms. The smallest absolute Gasteiger partial charge is 0.267 e. The number of nitrogens with one attached hydrogen (secondary N) is 1. The van der Waals surface area contributed by atoms with Gasteiger partial charge in [-0.2, -0.15) is 0 Å². The number of ether oxygens (including phenoxy) is 1. The number of likely N-dealkylation sites (N-methyl/N-ethyl adjacent to an activating group) is 1. The Morgan fingerprint density at radius 3 is 2.60 bits per heavy atom. The van der Waals surface area contributed by atoms with Gasteiger partial charge >= 0.3 is 0 Å². The predicted octanol–water partition coefficient (Wildman–Crippen LogP) is 3.67. The number of anilines is 2. The summed E-state index contributed by atoms with van der Waals surface area (Å²) in [5, 5.41) is 2.99. The van der Waals surface area contributed by atoms with Crippen molar-refractivity contribution in [3.8, 4) is 5.75 Å². The van der Waals surface area contributed by atoms with Gasteiger partial charge in [0.25, 0.3) is 5.91 Å². The van der Waals surface area contributed by atoms with Crippen molar-refractivity contribution in [3.63, 3.8) is 0 Å². The summed E-state index contributed by atoms with van der Waals surface area (Å²) in [6, 6.07) is 16.0. The lowest BCUT2D eigenvalue weighted by molar-refractivity contribution is -0.125. The Bertz CT molecular complexity index is 907. The molecule has 1 fully saturated rings. The molecule has 2 heterocycles. The maximum Gasteiger partial charge on any atom is 0.267 e. The van der Waals surface area contributed by atoms with E-state index in [0.717, 1.165) is 32.5 Å². The number of likely N-dealkylation sites (tertiary alicyclic amines) is 1. The number of amides is 2. The molecule has 1 N–H and O–H groups in total. The van der Waals surface area contributed by atoms with Crippen molar-refractivity contribution in [2.75, 3.05) is 30.4 Å².